The van der Waals surface area contributed by atoms with Gasteiger partial charge in [-0.05, 0) is 31.9 Å². The van der Waals surface area contributed by atoms with Gasteiger partial charge in [-0.1, -0.05) is 17.7 Å². The van der Waals surface area contributed by atoms with Crippen LogP contribution in [0.3, 0.4) is 0 Å². The highest BCUT2D eigenvalue weighted by Crippen LogP contribution is 2.16. The molecule has 0 radical (unpaired) electrons. The minimum absolute atomic E-state index is 0.107. The summed E-state index contributed by atoms with van der Waals surface area (Å²) in [5, 5.41) is 5.83. The number of benzene rings is 1. The Morgan fingerprint density at radius 2 is 2.10 bits per heavy atom. The second-order valence-corrected chi connectivity index (χ2v) is 7.58. The van der Waals surface area contributed by atoms with Gasteiger partial charge in [0.25, 0.3) is 0 Å². The largest absolute Gasteiger partial charge is 0.325 e. The van der Waals surface area contributed by atoms with Crippen LogP contribution in [-0.4, -0.2) is 38.4 Å². The Morgan fingerprint density at radius 3 is 2.70 bits per heavy atom. The average Bonchev–Trinajstić information content (AvgIpc) is 2.70. The Kier molecular flexibility index (Phi) is 4.45. The fraction of sp³-hybridized carbons (Fsp3) is 0.500. The molecule has 110 valence electrons. The third-order valence-corrected chi connectivity index (χ3v) is 5.21. The van der Waals surface area contributed by atoms with Crippen molar-refractivity contribution in [3.8, 4) is 0 Å². The van der Waals surface area contributed by atoms with Crippen molar-refractivity contribution in [2.75, 3.05) is 23.4 Å². The van der Waals surface area contributed by atoms with Gasteiger partial charge in [-0.25, -0.2) is 8.42 Å². The summed E-state index contributed by atoms with van der Waals surface area (Å²) in [5.41, 5.74) is 2.96. The fourth-order valence-corrected chi connectivity index (χ4v) is 4.05. The van der Waals surface area contributed by atoms with E-state index in [1.54, 1.807) is 0 Å². The van der Waals surface area contributed by atoms with E-state index in [1.807, 2.05) is 32.0 Å². The maximum absolute atomic E-state index is 11.8. The zero-order valence-corrected chi connectivity index (χ0v) is 12.6. The summed E-state index contributed by atoms with van der Waals surface area (Å²) in [5.74, 6) is 0.189. The average molecular weight is 296 g/mol. The van der Waals surface area contributed by atoms with E-state index in [0.717, 1.165) is 16.8 Å². The number of rotatable bonds is 4. The van der Waals surface area contributed by atoms with Gasteiger partial charge in [0.05, 0.1) is 18.1 Å². The maximum atomic E-state index is 11.8. The SMILES string of the molecule is Cc1ccc(NC(=O)CNC2CCS(=O)(=O)C2)c(C)c1. The molecular weight excluding hydrogens is 276 g/mol. The fourth-order valence-electron chi connectivity index (χ4n) is 2.34. The third kappa shape index (κ3) is 4.05. The summed E-state index contributed by atoms with van der Waals surface area (Å²) in [6, 6.07) is 5.72. The lowest BCUT2D eigenvalue weighted by Gasteiger charge is -2.12. The van der Waals surface area contributed by atoms with Gasteiger partial charge in [0.15, 0.2) is 9.84 Å². The first-order valence-corrected chi connectivity index (χ1v) is 8.49. The number of anilines is 1. The van der Waals surface area contributed by atoms with Crippen molar-refractivity contribution in [3.63, 3.8) is 0 Å². The number of hydrogen-bond donors (Lipinski definition) is 2. The van der Waals surface area contributed by atoms with E-state index < -0.39 is 9.84 Å². The topological polar surface area (TPSA) is 75.3 Å². The lowest BCUT2D eigenvalue weighted by molar-refractivity contribution is -0.115. The van der Waals surface area contributed by atoms with Crippen LogP contribution in [0.2, 0.25) is 0 Å². The van der Waals surface area contributed by atoms with Crippen molar-refractivity contribution in [1.29, 1.82) is 0 Å². The molecule has 1 saturated heterocycles. The maximum Gasteiger partial charge on any atom is 0.238 e. The van der Waals surface area contributed by atoms with Crippen molar-refractivity contribution >= 4 is 21.4 Å². The van der Waals surface area contributed by atoms with Crippen LogP contribution in [0, 0.1) is 13.8 Å². The number of carbonyl (C=O) groups is 1. The summed E-state index contributed by atoms with van der Waals surface area (Å²) in [6.07, 6.45) is 0.583. The highest BCUT2D eigenvalue weighted by atomic mass is 32.2. The van der Waals surface area contributed by atoms with Gasteiger partial charge in [0.2, 0.25) is 5.91 Å². The van der Waals surface area contributed by atoms with Gasteiger partial charge in [-0.15, -0.1) is 0 Å². The van der Waals surface area contributed by atoms with Crippen molar-refractivity contribution in [3.05, 3.63) is 29.3 Å². The Balaban J connectivity index is 1.84. The van der Waals surface area contributed by atoms with E-state index in [2.05, 4.69) is 10.6 Å². The molecule has 0 aromatic heterocycles. The molecule has 5 nitrogen and oxygen atoms in total. The molecule has 0 bridgehead atoms. The molecule has 1 amide bonds. The van der Waals surface area contributed by atoms with E-state index in [0.29, 0.717) is 6.42 Å². The zero-order valence-electron chi connectivity index (χ0n) is 11.8. The summed E-state index contributed by atoms with van der Waals surface area (Å²) in [7, 11) is -2.91. The Bertz CT molecular complexity index is 611. The molecule has 0 saturated carbocycles. The van der Waals surface area contributed by atoms with Crippen LogP contribution >= 0.6 is 0 Å². The van der Waals surface area contributed by atoms with Crippen LogP contribution in [0.5, 0.6) is 0 Å². The summed E-state index contributed by atoms with van der Waals surface area (Å²) >= 11 is 0. The van der Waals surface area contributed by atoms with E-state index in [1.165, 1.54) is 0 Å². The summed E-state index contributed by atoms with van der Waals surface area (Å²) < 4.78 is 22.6. The first-order chi connectivity index (χ1) is 9.35. The molecule has 0 aliphatic carbocycles. The summed E-state index contributed by atoms with van der Waals surface area (Å²) in [4.78, 5) is 11.8. The van der Waals surface area contributed by atoms with Gasteiger partial charge in [0.1, 0.15) is 0 Å². The lowest BCUT2D eigenvalue weighted by atomic mass is 10.1. The van der Waals surface area contributed by atoms with Crippen molar-refractivity contribution in [2.45, 2.75) is 26.3 Å². The van der Waals surface area contributed by atoms with Gasteiger partial charge < -0.3 is 10.6 Å². The number of aryl methyl sites for hydroxylation is 2. The van der Waals surface area contributed by atoms with Crippen LogP contribution in [-0.2, 0) is 14.6 Å². The first-order valence-electron chi connectivity index (χ1n) is 6.67. The number of amides is 1. The van der Waals surface area contributed by atoms with Crippen LogP contribution in [0.25, 0.3) is 0 Å². The van der Waals surface area contributed by atoms with Gasteiger partial charge in [0, 0.05) is 11.7 Å². The highest BCUT2D eigenvalue weighted by Gasteiger charge is 2.27. The molecule has 20 heavy (non-hydrogen) atoms. The van der Waals surface area contributed by atoms with Crippen molar-refractivity contribution < 1.29 is 13.2 Å². The second kappa shape index (κ2) is 5.93. The van der Waals surface area contributed by atoms with E-state index in [-0.39, 0.29) is 30.0 Å². The van der Waals surface area contributed by atoms with Crippen LogP contribution < -0.4 is 10.6 Å². The Labute approximate surface area is 119 Å². The molecule has 1 heterocycles. The minimum atomic E-state index is -2.91. The quantitative estimate of drug-likeness (QED) is 0.870. The molecule has 2 rings (SSSR count). The molecule has 1 unspecified atom stereocenters. The van der Waals surface area contributed by atoms with E-state index in [9.17, 15) is 13.2 Å². The number of nitrogens with one attached hydrogen (secondary N) is 2. The van der Waals surface area contributed by atoms with Gasteiger partial charge in [-0.2, -0.15) is 0 Å². The first kappa shape index (κ1) is 15.0. The molecule has 2 N–H and O–H groups in total. The van der Waals surface area contributed by atoms with Crippen LogP contribution in [0.1, 0.15) is 17.5 Å². The smallest absolute Gasteiger partial charge is 0.238 e. The van der Waals surface area contributed by atoms with E-state index >= 15 is 0 Å². The Hall–Kier alpha value is -1.40. The predicted molar refractivity (Wildman–Crippen MR) is 79.6 cm³/mol. The third-order valence-electron chi connectivity index (χ3n) is 3.44. The molecule has 1 aromatic rings. The van der Waals surface area contributed by atoms with Crippen LogP contribution in [0.15, 0.2) is 18.2 Å². The van der Waals surface area contributed by atoms with Crippen LogP contribution in [0.4, 0.5) is 5.69 Å². The summed E-state index contributed by atoms with van der Waals surface area (Å²) in [6.45, 7) is 4.08. The van der Waals surface area contributed by atoms with E-state index in [4.69, 9.17) is 0 Å². The monoisotopic (exact) mass is 296 g/mol. The lowest BCUT2D eigenvalue weighted by Crippen LogP contribution is -2.36. The molecule has 0 spiro atoms. The molecular formula is C14H20N2O3S. The molecule has 6 heteroatoms. The molecule has 1 aliphatic rings. The van der Waals surface area contributed by atoms with Crippen molar-refractivity contribution in [1.82, 2.24) is 5.32 Å². The Morgan fingerprint density at radius 1 is 1.35 bits per heavy atom. The van der Waals surface area contributed by atoms with Gasteiger partial charge in [-0.3, -0.25) is 4.79 Å². The minimum Gasteiger partial charge on any atom is -0.325 e. The molecule has 1 fully saturated rings. The highest BCUT2D eigenvalue weighted by molar-refractivity contribution is 7.91. The second-order valence-electron chi connectivity index (χ2n) is 5.35. The number of sulfone groups is 1. The van der Waals surface area contributed by atoms with Gasteiger partial charge >= 0.3 is 0 Å². The number of hydrogen-bond acceptors (Lipinski definition) is 4. The molecule has 1 aromatic carbocycles. The normalized spacial score (nSPS) is 20.8. The number of carbonyl (C=O) groups excluding carboxylic acids is 1. The molecule has 1 atom stereocenters. The standard InChI is InChI=1S/C14H20N2O3S/c1-10-3-4-13(11(2)7-10)16-14(17)8-15-12-5-6-20(18,19)9-12/h3-4,7,12,15H,5-6,8-9H2,1-2H3,(H,16,17). The van der Waals surface area contributed by atoms with Crippen molar-refractivity contribution in [2.24, 2.45) is 0 Å². The molecule has 1 aliphatic heterocycles. The zero-order chi connectivity index (χ0) is 14.8. The predicted octanol–water partition coefficient (Wildman–Crippen LogP) is 1.02.